The van der Waals surface area contributed by atoms with Gasteiger partial charge in [-0.15, -0.1) is 0 Å². The van der Waals surface area contributed by atoms with E-state index in [1.807, 2.05) is 0 Å². The molecule has 76 valence electrons. The fourth-order valence-corrected chi connectivity index (χ4v) is 1.07. The monoisotopic (exact) mass is 194 g/mol. The zero-order chi connectivity index (χ0) is 10.2. The van der Waals surface area contributed by atoms with Crippen LogP contribution in [0.2, 0.25) is 0 Å². The molecule has 1 rings (SSSR count). The Kier molecular flexibility index (Phi) is 2.84. The van der Waals surface area contributed by atoms with E-state index in [0.717, 1.165) is 0 Å². The first-order valence-corrected chi connectivity index (χ1v) is 3.55. The second-order valence-electron chi connectivity index (χ2n) is 2.76. The number of aliphatic hydroxyl groups excluding tert-OH is 4. The summed E-state index contributed by atoms with van der Waals surface area (Å²) < 4.78 is 4.34. The lowest BCUT2D eigenvalue weighted by atomic mass is 9.99. The van der Waals surface area contributed by atoms with Crippen molar-refractivity contribution >= 4 is 5.97 Å². The summed E-state index contributed by atoms with van der Waals surface area (Å²) in [4.78, 5) is 10.4. The number of ether oxygens (including phenoxy) is 1. The first kappa shape index (κ1) is 10.4. The van der Waals surface area contributed by atoms with E-state index in [0.29, 0.717) is 0 Å². The normalized spacial score (nSPS) is 46.0. The maximum absolute atomic E-state index is 10.4. The topological polar surface area (TPSA) is 127 Å². The molecule has 0 radical (unpaired) electrons. The predicted octanol–water partition coefficient (Wildman–Crippen LogP) is -3.13. The summed E-state index contributed by atoms with van der Waals surface area (Å²) in [6.07, 6.45) is -8.72. The van der Waals surface area contributed by atoms with E-state index < -0.39 is 36.7 Å². The molecule has 0 aliphatic carbocycles. The number of carbonyl (C=O) groups is 1. The van der Waals surface area contributed by atoms with Crippen LogP contribution in [-0.2, 0) is 9.53 Å². The van der Waals surface area contributed by atoms with Crippen LogP contribution in [-0.4, -0.2) is 62.2 Å². The highest BCUT2D eigenvalue weighted by Gasteiger charge is 2.46. The molecule has 0 amide bonds. The molecule has 2 unspecified atom stereocenters. The molecular weight excluding hydrogens is 184 g/mol. The van der Waals surface area contributed by atoms with E-state index in [2.05, 4.69) is 4.74 Å². The van der Waals surface area contributed by atoms with Gasteiger partial charge in [0.15, 0.2) is 12.4 Å². The van der Waals surface area contributed by atoms with Crippen LogP contribution in [0.25, 0.3) is 0 Å². The fraction of sp³-hybridized carbons (Fsp3) is 0.833. The molecule has 1 saturated heterocycles. The molecule has 7 nitrogen and oxygen atoms in total. The lowest BCUT2D eigenvalue weighted by Gasteiger charge is -2.36. The van der Waals surface area contributed by atoms with Crippen LogP contribution >= 0.6 is 0 Å². The van der Waals surface area contributed by atoms with Crippen LogP contribution in [0.15, 0.2) is 0 Å². The smallest absolute Gasteiger partial charge is 0.335 e. The Labute approximate surface area is 72.8 Å². The summed E-state index contributed by atoms with van der Waals surface area (Å²) >= 11 is 0. The molecule has 0 aromatic rings. The minimum Gasteiger partial charge on any atom is -0.479 e. The first-order valence-electron chi connectivity index (χ1n) is 3.55. The van der Waals surface area contributed by atoms with Gasteiger partial charge in [-0.1, -0.05) is 0 Å². The molecule has 0 aromatic carbocycles. The van der Waals surface area contributed by atoms with E-state index in [-0.39, 0.29) is 0 Å². The van der Waals surface area contributed by atoms with Crippen LogP contribution in [0.5, 0.6) is 0 Å². The van der Waals surface area contributed by atoms with Gasteiger partial charge in [-0.25, -0.2) is 4.79 Å². The Morgan fingerprint density at radius 1 is 1.00 bits per heavy atom. The van der Waals surface area contributed by atoms with Crippen LogP contribution in [0, 0.1) is 0 Å². The Morgan fingerprint density at radius 2 is 1.54 bits per heavy atom. The summed E-state index contributed by atoms with van der Waals surface area (Å²) in [5.74, 6) is -1.52. The highest BCUT2D eigenvalue weighted by molar-refractivity contribution is 5.73. The van der Waals surface area contributed by atoms with Gasteiger partial charge in [0.05, 0.1) is 0 Å². The quantitative estimate of drug-likeness (QED) is 0.298. The molecule has 7 heteroatoms. The van der Waals surface area contributed by atoms with Crippen molar-refractivity contribution < 1.29 is 35.1 Å². The predicted molar refractivity (Wildman–Crippen MR) is 36.5 cm³/mol. The highest BCUT2D eigenvalue weighted by atomic mass is 16.6. The standard InChI is InChI=1S/C6H10O7/c7-1-2(8)4(5(10)11)13-6(12)3(1)9/h1-4,6-9,12H,(H,10,11)/t1-,2-,3?,4+,6?/m0/s1. The summed E-state index contributed by atoms with van der Waals surface area (Å²) in [6, 6.07) is 0. The molecular formula is C6H10O7. The maximum atomic E-state index is 10.4. The Hall–Kier alpha value is -0.730. The Morgan fingerprint density at radius 3 is 2.00 bits per heavy atom. The van der Waals surface area contributed by atoms with Gasteiger partial charge in [-0.05, 0) is 0 Å². The lowest BCUT2D eigenvalue weighted by Crippen LogP contribution is -2.59. The molecule has 0 spiro atoms. The van der Waals surface area contributed by atoms with Crippen molar-refractivity contribution in [1.29, 1.82) is 0 Å². The number of rotatable bonds is 1. The average Bonchev–Trinajstić information content (AvgIpc) is 2.07. The second kappa shape index (κ2) is 3.56. The van der Waals surface area contributed by atoms with Crippen molar-refractivity contribution in [1.82, 2.24) is 0 Å². The summed E-state index contributed by atoms with van der Waals surface area (Å²) in [5.41, 5.74) is 0. The molecule has 1 aliphatic heterocycles. The van der Waals surface area contributed by atoms with Crippen molar-refractivity contribution in [2.45, 2.75) is 30.7 Å². The van der Waals surface area contributed by atoms with E-state index in [1.54, 1.807) is 0 Å². The van der Waals surface area contributed by atoms with E-state index in [4.69, 9.17) is 25.5 Å². The SMILES string of the molecule is O=C(O)[C@@H]1OC(O)C(O)[C@@H](O)[C@@H]1O. The van der Waals surface area contributed by atoms with Gasteiger partial charge >= 0.3 is 5.97 Å². The van der Waals surface area contributed by atoms with Crippen LogP contribution < -0.4 is 0 Å². The van der Waals surface area contributed by atoms with Crippen molar-refractivity contribution in [3.05, 3.63) is 0 Å². The van der Waals surface area contributed by atoms with Gasteiger partial charge in [-0.3, -0.25) is 0 Å². The fourth-order valence-electron chi connectivity index (χ4n) is 1.07. The molecule has 5 atom stereocenters. The number of carboxylic acid groups (broad SMARTS) is 1. The van der Waals surface area contributed by atoms with Gasteiger partial charge in [0, 0.05) is 0 Å². The van der Waals surface area contributed by atoms with E-state index in [9.17, 15) is 4.79 Å². The first-order chi connectivity index (χ1) is 5.95. The lowest BCUT2D eigenvalue weighted by molar-refractivity contribution is -0.279. The van der Waals surface area contributed by atoms with Gasteiger partial charge in [0.1, 0.15) is 18.3 Å². The molecule has 5 N–H and O–H groups in total. The molecule has 13 heavy (non-hydrogen) atoms. The van der Waals surface area contributed by atoms with Crippen molar-refractivity contribution in [2.75, 3.05) is 0 Å². The van der Waals surface area contributed by atoms with Crippen molar-refractivity contribution in [2.24, 2.45) is 0 Å². The summed E-state index contributed by atoms with van der Waals surface area (Å²) in [7, 11) is 0. The zero-order valence-electron chi connectivity index (χ0n) is 6.44. The number of carboxylic acids is 1. The van der Waals surface area contributed by atoms with Gasteiger partial charge < -0.3 is 30.3 Å². The third kappa shape index (κ3) is 1.79. The second-order valence-corrected chi connectivity index (χ2v) is 2.76. The summed E-state index contributed by atoms with van der Waals surface area (Å²) in [5, 5.41) is 44.4. The third-order valence-corrected chi connectivity index (χ3v) is 1.83. The van der Waals surface area contributed by atoms with Crippen molar-refractivity contribution in [3.8, 4) is 0 Å². The van der Waals surface area contributed by atoms with E-state index in [1.165, 1.54) is 0 Å². The molecule has 1 heterocycles. The molecule has 0 bridgehead atoms. The van der Waals surface area contributed by atoms with Crippen LogP contribution in [0.1, 0.15) is 0 Å². The molecule has 1 aliphatic rings. The largest absolute Gasteiger partial charge is 0.479 e. The highest BCUT2D eigenvalue weighted by Crippen LogP contribution is 2.19. The number of aliphatic carboxylic acids is 1. The van der Waals surface area contributed by atoms with Gasteiger partial charge in [0.25, 0.3) is 0 Å². The Bertz CT molecular complexity index is 205. The van der Waals surface area contributed by atoms with Gasteiger partial charge in [0.2, 0.25) is 0 Å². The number of hydrogen-bond acceptors (Lipinski definition) is 6. The maximum Gasteiger partial charge on any atom is 0.335 e. The summed E-state index contributed by atoms with van der Waals surface area (Å²) in [6.45, 7) is 0. The zero-order valence-corrected chi connectivity index (χ0v) is 6.44. The molecule has 0 aromatic heterocycles. The average molecular weight is 194 g/mol. The number of aliphatic hydroxyl groups is 4. The minimum absolute atomic E-state index is 1.52. The molecule has 1 fully saturated rings. The molecule has 0 saturated carbocycles. The minimum atomic E-state index is -1.81. The van der Waals surface area contributed by atoms with Gasteiger partial charge in [-0.2, -0.15) is 0 Å². The van der Waals surface area contributed by atoms with Crippen LogP contribution in [0.4, 0.5) is 0 Å². The van der Waals surface area contributed by atoms with Crippen LogP contribution in [0.3, 0.4) is 0 Å². The van der Waals surface area contributed by atoms with E-state index >= 15 is 0 Å². The Balaban J connectivity index is 2.76. The number of hydrogen-bond donors (Lipinski definition) is 5. The third-order valence-electron chi connectivity index (χ3n) is 1.83. The van der Waals surface area contributed by atoms with Crippen molar-refractivity contribution in [3.63, 3.8) is 0 Å².